The zero-order valence-corrected chi connectivity index (χ0v) is 18.8. The third-order valence-electron chi connectivity index (χ3n) is 5.89. The Kier molecular flexibility index (Phi) is 4.40. The Bertz CT molecular complexity index is 1820. The number of hydrogen-bond acceptors (Lipinski definition) is 6. The van der Waals surface area contributed by atoms with Crippen molar-refractivity contribution in [3.8, 4) is 11.3 Å². The Labute approximate surface area is 189 Å². The molecule has 0 saturated carbocycles. The van der Waals surface area contributed by atoms with E-state index in [1.807, 2.05) is 6.07 Å². The van der Waals surface area contributed by atoms with Crippen LogP contribution < -0.4 is 22.5 Å². The van der Waals surface area contributed by atoms with E-state index in [1.165, 1.54) is 37.3 Å². The average molecular weight is 465 g/mol. The molecule has 11 heteroatoms. The molecule has 0 spiro atoms. The molecule has 10 nitrogen and oxygen atoms in total. The minimum Gasteiger partial charge on any atom is -0.280 e. The molecule has 0 unspecified atom stereocenters. The first-order chi connectivity index (χ1) is 15.6. The predicted molar refractivity (Wildman–Crippen MR) is 126 cm³/mol. The molecule has 0 fully saturated rings. The fraction of sp³-hybridized carbons (Fsp3) is 0.182. The number of aryl methyl sites for hydroxylation is 2. The lowest BCUT2D eigenvalue weighted by Gasteiger charge is -2.15. The van der Waals surface area contributed by atoms with Crippen molar-refractivity contribution >= 4 is 44.6 Å². The molecule has 4 heterocycles. The van der Waals surface area contributed by atoms with Crippen LogP contribution in [0.1, 0.15) is 0 Å². The zero-order chi connectivity index (χ0) is 23.8. The lowest BCUT2D eigenvalue weighted by molar-refractivity contribution is 0.697. The third kappa shape index (κ3) is 2.80. The molecule has 0 aliphatic rings. The molecule has 0 aliphatic heterocycles. The van der Waals surface area contributed by atoms with Crippen LogP contribution >= 0.6 is 11.6 Å². The molecule has 0 amide bonds. The average Bonchev–Trinajstić information content (AvgIpc) is 2.81. The largest absolute Gasteiger partial charge is 0.332 e. The van der Waals surface area contributed by atoms with Gasteiger partial charge < -0.3 is 0 Å². The van der Waals surface area contributed by atoms with E-state index in [0.29, 0.717) is 16.2 Å². The maximum Gasteiger partial charge on any atom is 0.332 e. The highest BCUT2D eigenvalue weighted by atomic mass is 35.5. The maximum absolute atomic E-state index is 13.3. The number of hydrogen-bond donors (Lipinski definition) is 0. The van der Waals surface area contributed by atoms with Gasteiger partial charge in [-0.25, -0.2) is 19.6 Å². The molecular weight excluding hydrogens is 448 g/mol. The van der Waals surface area contributed by atoms with Crippen LogP contribution in [0.25, 0.3) is 44.2 Å². The highest BCUT2D eigenvalue weighted by Crippen LogP contribution is 2.31. The van der Waals surface area contributed by atoms with Crippen LogP contribution in [0.15, 0.2) is 49.5 Å². The summed E-state index contributed by atoms with van der Waals surface area (Å²) >= 11 is 6.14. The molecule has 0 saturated heterocycles. The van der Waals surface area contributed by atoms with E-state index in [1.54, 1.807) is 24.3 Å². The van der Waals surface area contributed by atoms with Crippen LogP contribution in [-0.4, -0.2) is 28.2 Å². The Morgan fingerprint density at radius 1 is 0.697 bits per heavy atom. The molecule has 4 aromatic heterocycles. The number of fused-ring (bicyclic) bond motifs is 3. The molecule has 5 rings (SSSR count). The number of benzene rings is 1. The minimum absolute atomic E-state index is 0.0434. The van der Waals surface area contributed by atoms with Crippen LogP contribution in [0.3, 0.4) is 0 Å². The van der Waals surface area contributed by atoms with E-state index < -0.39 is 22.5 Å². The molecular formula is C22H17ClN6O4. The Hall–Kier alpha value is -4.05. The molecule has 0 bridgehead atoms. The summed E-state index contributed by atoms with van der Waals surface area (Å²) in [5.74, 6) is 0. The molecule has 0 radical (unpaired) electrons. The van der Waals surface area contributed by atoms with Crippen molar-refractivity contribution in [1.29, 1.82) is 0 Å². The number of halogens is 1. The Morgan fingerprint density at radius 3 is 1.76 bits per heavy atom. The van der Waals surface area contributed by atoms with Gasteiger partial charge in [0.15, 0.2) is 11.3 Å². The van der Waals surface area contributed by atoms with E-state index in [0.717, 1.165) is 14.5 Å². The quantitative estimate of drug-likeness (QED) is 0.343. The van der Waals surface area contributed by atoms with E-state index in [9.17, 15) is 19.2 Å². The van der Waals surface area contributed by atoms with Gasteiger partial charge in [-0.2, -0.15) is 0 Å². The van der Waals surface area contributed by atoms with Gasteiger partial charge in [-0.05, 0) is 18.2 Å². The lowest BCUT2D eigenvalue weighted by Crippen LogP contribution is -2.40. The Balaban J connectivity index is 2.15. The van der Waals surface area contributed by atoms with Crippen molar-refractivity contribution in [3.05, 3.63) is 77.0 Å². The van der Waals surface area contributed by atoms with Crippen LogP contribution in [0, 0.1) is 0 Å². The summed E-state index contributed by atoms with van der Waals surface area (Å²) in [5.41, 5.74) is -1.26. The zero-order valence-electron chi connectivity index (χ0n) is 18.1. The topological polar surface area (TPSA) is 114 Å². The predicted octanol–water partition coefficient (Wildman–Crippen LogP) is 1.05. The van der Waals surface area contributed by atoms with Crippen LogP contribution in [0.5, 0.6) is 0 Å². The highest BCUT2D eigenvalue weighted by molar-refractivity contribution is 6.31. The van der Waals surface area contributed by atoms with Gasteiger partial charge in [0.05, 0.1) is 22.0 Å². The first kappa shape index (κ1) is 20.8. The van der Waals surface area contributed by atoms with Crippen molar-refractivity contribution in [3.63, 3.8) is 0 Å². The molecule has 5 aromatic rings. The molecule has 33 heavy (non-hydrogen) atoms. The van der Waals surface area contributed by atoms with Gasteiger partial charge in [0.2, 0.25) is 0 Å². The number of nitrogens with zero attached hydrogens (tertiary/aromatic N) is 6. The normalized spacial score (nSPS) is 11.7. The second-order valence-corrected chi connectivity index (χ2v) is 8.27. The third-order valence-corrected chi connectivity index (χ3v) is 6.12. The summed E-state index contributed by atoms with van der Waals surface area (Å²) in [6, 6.07) is 8.69. The van der Waals surface area contributed by atoms with Crippen molar-refractivity contribution < 1.29 is 0 Å². The van der Waals surface area contributed by atoms with Crippen molar-refractivity contribution in [2.75, 3.05) is 0 Å². The smallest absolute Gasteiger partial charge is 0.280 e. The van der Waals surface area contributed by atoms with Crippen molar-refractivity contribution in [2.45, 2.75) is 0 Å². The summed E-state index contributed by atoms with van der Waals surface area (Å²) in [7, 11) is 5.65. The van der Waals surface area contributed by atoms with Gasteiger partial charge in [-0.3, -0.25) is 27.9 Å². The van der Waals surface area contributed by atoms with Crippen LogP contribution in [-0.2, 0) is 28.2 Å². The van der Waals surface area contributed by atoms with Gasteiger partial charge >= 0.3 is 11.4 Å². The van der Waals surface area contributed by atoms with E-state index in [4.69, 9.17) is 11.6 Å². The first-order valence-corrected chi connectivity index (χ1v) is 10.3. The van der Waals surface area contributed by atoms with Crippen molar-refractivity contribution in [2.24, 2.45) is 28.2 Å². The van der Waals surface area contributed by atoms with Crippen LogP contribution in [0.2, 0.25) is 5.02 Å². The second kappa shape index (κ2) is 6.97. The van der Waals surface area contributed by atoms with Gasteiger partial charge in [-0.15, -0.1) is 0 Å². The van der Waals surface area contributed by atoms with Gasteiger partial charge in [0.25, 0.3) is 11.1 Å². The summed E-state index contributed by atoms with van der Waals surface area (Å²) < 4.78 is 4.31. The fourth-order valence-corrected chi connectivity index (χ4v) is 4.24. The molecule has 0 N–H and O–H groups in total. The number of rotatable bonds is 1. The van der Waals surface area contributed by atoms with Gasteiger partial charge in [-0.1, -0.05) is 23.7 Å². The summed E-state index contributed by atoms with van der Waals surface area (Å²) in [5, 5.41) is 1.40. The highest BCUT2D eigenvalue weighted by Gasteiger charge is 2.24. The molecule has 166 valence electrons. The number of aromatic nitrogens is 6. The summed E-state index contributed by atoms with van der Waals surface area (Å²) in [6.45, 7) is 0. The van der Waals surface area contributed by atoms with Gasteiger partial charge in [0.1, 0.15) is 0 Å². The SMILES string of the molecule is Cn1c(=O)c2c(-c3ccc4ccc(Cl)cc4n3)c3c(=O)n(C)c(=O)n(C)c3nc2n(C)c1=O. The summed E-state index contributed by atoms with van der Waals surface area (Å²) in [6.07, 6.45) is 0. The lowest BCUT2D eigenvalue weighted by atomic mass is 10.0. The summed E-state index contributed by atoms with van der Waals surface area (Å²) in [4.78, 5) is 60.8. The Morgan fingerprint density at radius 2 is 1.21 bits per heavy atom. The molecule has 0 atom stereocenters. The van der Waals surface area contributed by atoms with Gasteiger partial charge in [0, 0.05) is 44.2 Å². The maximum atomic E-state index is 13.3. The van der Waals surface area contributed by atoms with E-state index >= 15 is 0 Å². The standard InChI is InChI=1S/C22H17ClN6O4/c1-26-17-15(19(30)28(3)21(26)32)14(12-8-6-10-5-7-11(23)9-13(10)24-12)16-18(25-17)27(2)22(33)29(4)20(16)31/h5-9H,1-4H3. The van der Waals surface area contributed by atoms with Crippen LogP contribution in [0.4, 0.5) is 0 Å². The fourth-order valence-electron chi connectivity index (χ4n) is 4.08. The number of pyridine rings is 2. The molecule has 0 aliphatic carbocycles. The first-order valence-electron chi connectivity index (χ1n) is 9.88. The monoisotopic (exact) mass is 464 g/mol. The van der Waals surface area contributed by atoms with E-state index in [2.05, 4.69) is 9.97 Å². The second-order valence-electron chi connectivity index (χ2n) is 7.83. The minimum atomic E-state index is -0.624. The van der Waals surface area contributed by atoms with E-state index in [-0.39, 0.29) is 27.6 Å². The van der Waals surface area contributed by atoms with Crippen molar-refractivity contribution in [1.82, 2.24) is 28.2 Å². The molecule has 1 aromatic carbocycles.